The van der Waals surface area contributed by atoms with E-state index in [1.807, 2.05) is 6.26 Å². The second-order valence-corrected chi connectivity index (χ2v) is 6.65. The Morgan fingerprint density at radius 3 is 2.84 bits per heavy atom. The van der Waals surface area contributed by atoms with Crippen LogP contribution in [0.2, 0.25) is 0 Å². The van der Waals surface area contributed by atoms with Crippen LogP contribution in [0.1, 0.15) is 42.5 Å². The fourth-order valence-electron chi connectivity index (χ4n) is 2.75. The fourth-order valence-corrected chi connectivity index (χ4v) is 3.09. The molecule has 6 nitrogen and oxygen atoms in total. The highest BCUT2D eigenvalue weighted by Crippen LogP contribution is 2.23. The summed E-state index contributed by atoms with van der Waals surface area (Å²) in [4.78, 5) is 25.0. The number of rotatable bonds is 8. The van der Waals surface area contributed by atoms with Crippen molar-refractivity contribution < 1.29 is 4.79 Å². The lowest BCUT2D eigenvalue weighted by molar-refractivity contribution is 0.0957. The molecule has 7 heteroatoms. The van der Waals surface area contributed by atoms with Crippen LogP contribution in [0.3, 0.4) is 0 Å². The Morgan fingerprint density at radius 1 is 1.44 bits per heavy atom. The van der Waals surface area contributed by atoms with E-state index in [0.717, 1.165) is 18.4 Å². The van der Waals surface area contributed by atoms with Crippen LogP contribution in [0.25, 0.3) is 0 Å². The third kappa shape index (κ3) is 5.70. The number of nitrogens with one attached hydrogen (secondary N) is 2. The SMILES string of the molecule is C=C/C(=C\N=C)CNC(=O)c1cnc(SC)nc1NC1CCCCC1. The number of nitrogens with zero attached hydrogens (tertiary/aromatic N) is 3. The molecule has 0 atom stereocenters. The third-order valence-electron chi connectivity index (χ3n) is 4.11. The molecule has 1 amide bonds. The van der Waals surface area contributed by atoms with E-state index in [-0.39, 0.29) is 5.91 Å². The van der Waals surface area contributed by atoms with Crippen molar-refractivity contribution in [2.24, 2.45) is 4.99 Å². The highest BCUT2D eigenvalue weighted by molar-refractivity contribution is 7.98. The maximum absolute atomic E-state index is 12.6. The smallest absolute Gasteiger partial charge is 0.256 e. The molecule has 0 radical (unpaired) electrons. The topological polar surface area (TPSA) is 79.3 Å². The minimum atomic E-state index is -0.220. The zero-order chi connectivity index (χ0) is 18.1. The van der Waals surface area contributed by atoms with Crippen LogP contribution in [-0.2, 0) is 0 Å². The van der Waals surface area contributed by atoms with Gasteiger partial charge in [0.15, 0.2) is 5.16 Å². The van der Waals surface area contributed by atoms with Crippen LogP contribution >= 0.6 is 11.8 Å². The van der Waals surface area contributed by atoms with Gasteiger partial charge in [-0.05, 0) is 31.4 Å². The van der Waals surface area contributed by atoms with Crippen LogP contribution in [0.5, 0.6) is 0 Å². The predicted octanol–water partition coefficient (Wildman–Crippen LogP) is 3.44. The molecule has 1 saturated carbocycles. The Balaban J connectivity index is 2.14. The number of hydrogen-bond acceptors (Lipinski definition) is 6. The van der Waals surface area contributed by atoms with Crippen LogP contribution in [-0.4, -0.2) is 41.4 Å². The highest BCUT2D eigenvalue weighted by atomic mass is 32.2. The van der Waals surface area contributed by atoms with E-state index in [0.29, 0.717) is 29.1 Å². The number of carbonyl (C=O) groups excluding carboxylic acids is 1. The first-order chi connectivity index (χ1) is 12.2. The van der Waals surface area contributed by atoms with Crippen molar-refractivity contribution in [2.45, 2.75) is 43.3 Å². The molecule has 25 heavy (non-hydrogen) atoms. The van der Waals surface area contributed by atoms with Crippen LogP contribution in [0.15, 0.2) is 40.8 Å². The molecule has 0 aliphatic heterocycles. The standard InChI is InChI=1S/C18H25N5OS/c1-4-13(10-19-2)11-20-17(24)15-12-21-18(25-3)23-16(15)22-14-8-6-5-7-9-14/h4,10,12,14H,1-2,5-9,11H2,3H3,(H,20,24)(H,21,22,23)/b13-10+. The minimum absolute atomic E-state index is 0.220. The first kappa shape index (κ1) is 19.2. The second-order valence-electron chi connectivity index (χ2n) is 5.87. The van der Waals surface area contributed by atoms with Gasteiger partial charge in [-0.3, -0.25) is 9.79 Å². The average molecular weight is 359 g/mol. The van der Waals surface area contributed by atoms with Gasteiger partial charge in [-0.25, -0.2) is 9.97 Å². The summed E-state index contributed by atoms with van der Waals surface area (Å²) < 4.78 is 0. The summed E-state index contributed by atoms with van der Waals surface area (Å²) in [5, 5.41) is 6.95. The molecule has 0 bridgehead atoms. The Bertz CT molecular complexity index is 653. The molecule has 0 spiro atoms. The summed E-state index contributed by atoms with van der Waals surface area (Å²) in [6.07, 6.45) is 12.6. The van der Waals surface area contributed by atoms with Gasteiger partial charge in [0.25, 0.3) is 5.91 Å². The third-order valence-corrected chi connectivity index (χ3v) is 4.67. The number of anilines is 1. The van der Waals surface area contributed by atoms with Crippen LogP contribution in [0, 0.1) is 0 Å². The van der Waals surface area contributed by atoms with E-state index in [1.54, 1.807) is 18.5 Å². The van der Waals surface area contributed by atoms with E-state index in [4.69, 9.17) is 0 Å². The first-order valence-corrected chi connectivity index (χ1v) is 9.63. The van der Waals surface area contributed by atoms with Crippen molar-refractivity contribution in [1.29, 1.82) is 0 Å². The molecule has 2 N–H and O–H groups in total. The van der Waals surface area contributed by atoms with Gasteiger partial charge < -0.3 is 10.6 Å². The van der Waals surface area contributed by atoms with Gasteiger partial charge in [0, 0.05) is 25.0 Å². The Labute approximate surface area is 153 Å². The summed E-state index contributed by atoms with van der Waals surface area (Å²) in [6, 6.07) is 0.360. The quantitative estimate of drug-likeness (QED) is 0.322. The zero-order valence-corrected chi connectivity index (χ0v) is 15.4. The molecule has 1 heterocycles. The molecule has 1 aliphatic carbocycles. The lowest BCUT2D eigenvalue weighted by atomic mass is 9.95. The van der Waals surface area contributed by atoms with Crippen molar-refractivity contribution in [3.8, 4) is 0 Å². The number of carbonyl (C=O) groups is 1. The molecule has 134 valence electrons. The summed E-state index contributed by atoms with van der Waals surface area (Å²) in [5.41, 5.74) is 1.24. The summed E-state index contributed by atoms with van der Waals surface area (Å²) in [5.74, 6) is 0.387. The normalized spacial score (nSPS) is 15.5. The molecule has 2 rings (SSSR count). The molecule has 1 aliphatic rings. The van der Waals surface area contributed by atoms with Gasteiger partial charge >= 0.3 is 0 Å². The van der Waals surface area contributed by atoms with Gasteiger partial charge in [0.1, 0.15) is 11.4 Å². The molecule has 1 aromatic heterocycles. The van der Waals surface area contributed by atoms with E-state index >= 15 is 0 Å². The van der Waals surface area contributed by atoms with E-state index in [2.05, 4.69) is 38.9 Å². The monoisotopic (exact) mass is 359 g/mol. The van der Waals surface area contributed by atoms with Crippen LogP contribution < -0.4 is 10.6 Å². The molecule has 0 unspecified atom stereocenters. The van der Waals surface area contributed by atoms with Gasteiger partial charge in [0.05, 0.1) is 0 Å². The van der Waals surface area contributed by atoms with E-state index in [9.17, 15) is 4.79 Å². The fraction of sp³-hybridized carbons (Fsp3) is 0.444. The van der Waals surface area contributed by atoms with Crippen LogP contribution in [0.4, 0.5) is 5.82 Å². The maximum atomic E-state index is 12.6. The highest BCUT2D eigenvalue weighted by Gasteiger charge is 2.19. The summed E-state index contributed by atoms with van der Waals surface area (Å²) in [6.45, 7) is 7.44. The Kier molecular flexibility index (Phi) is 7.66. The van der Waals surface area contributed by atoms with Gasteiger partial charge in [0.2, 0.25) is 0 Å². The van der Waals surface area contributed by atoms with Crippen molar-refractivity contribution in [2.75, 3.05) is 18.1 Å². The van der Waals surface area contributed by atoms with Gasteiger partial charge in [-0.1, -0.05) is 43.7 Å². The first-order valence-electron chi connectivity index (χ1n) is 8.41. The molecular formula is C18H25N5OS. The number of thioether (sulfide) groups is 1. The summed E-state index contributed by atoms with van der Waals surface area (Å²) >= 11 is 1.46. The van der Waals surface area contributed by atoms with Gasteiger partial charge in [-0.15, -0.1) is 0 Å². The Hall–Kier alpha value is -2.15. The van der Waals surface area contributed by atoms with Crippen molar-refractivity contribution in [3.05, 3.63) is 36.2 Å². The van der Waals surface area contributed by atoms with Crippen molar-refractivity contribution in [3.63, 3.8) is 0 Å². The second kappa shape index (κ2) is 9.98. The minimum Gasteiger partial charge on any atom is -0.367 e. The lowest BCUT2D eigenvalue weighted by Gasteiger charge is -2.24. The van der Waals surface area contributed by atoms with Gasteiger partial charge in [-0.2, -0.15) is 0 Å². The predicted molar refractivity (Wildman–Crippen MR) is 104 cm³/mol. The summed E-state index contributed by atoms with van der Waals surface area (Å²) in [7, 11) is 0. The molecule has 0 saturated heterocycles. The van der Waals surface area contributed by atoms with Crippen molar-refractivity contribution in [1.82, 2.24) is 15.3 Å². The number of hydrogen-bond donors (Lipinski definition) is 2. The molecular weight excluding hydrogens is 334 g/mol. The molecule has 1 aromatic rings. The van der Waals surface area contributed by atoms with E-state index in [1.165, 1.54) is 31.0 Å². The number of amides is 1. The largest absolute Gasteiger partial charge is 0.367 e. The average Bonchev–Trinajstić information content (AvgIpc) is 2.65. The molecule has 0 aromatic carbocycles. The molecule has 1 fully saturated rings. The zero-order valence-electron chi connectivity index (χ0n) is 14.6. The number of aromatic nitrogens is 2. The van der Waals surface area contributed by atoms with Crippen molar-refractivity contribution >= 4 is 30.2 Å². The van der Waals surface area contributed by atoms with E-state index < -0.39 is 0 Å². The maximum Gasteiger partial charge on any atom is 0.256 e. The number of aliphatic imine (C=N–C) groups is 1. The Morgan fingerprint density at radius 2 is 2.20 bits per heavy atom. The lowest BCUT2D eigenvalue weighted by Crippen LogP contribution is -2.29.